The maximum Gasteiger partial charge on any atom is 0.138 e. The van der Waals surface area contributed by atoms with Gasteiger partial charge in [-0.15, -0.1) is 0 Å². The molecular formula is C7H5BrF. The third-order valence-electron chi connectivity index (χ3n) is 0.998. The van der Waals surface area contributed by atoms with E-state index in [1.807, 2.05) is 6.92 Å². The molecule has 1 rings (SSSR count). The largest absolute Gasteiger partial charge is 0.206 e. The van der Waals surface area contributed by atoms with E-state index in [1.54, 1.807) is 6.07 Å². The molecule has 0 aliphatic heterocycles. The minimum absolute atomic E-state index is 0.263. The first-order valence-corrected chi connectivity index (χ1v) is 3.33. The van der Waals surface area contributed by atoms with Crippen LogP contribution in [0.2, 0.25) is 0 Å². The Morgan fingerprint density at radius 2 is 2.33 bits per heavy atom. The van der Waals surface area contributed by atoms with Crippen molar-refractivity contribution in [3.63, 3.8) is 0 Å². The van der Waals surface area contributed by atoms with Crippen LogP contribution in [0.25, 0.3) is 0 Å². The summed E-state index contributed by atoms with van der Waals surface area (Å²) in [4.78, 5) is 0. The minimum Gasteiger partial charge on any atom is -0.206 e. The summed E-state index contributed by atoms with van der Waals surface area (Å²) in [6.07, 6.45) is 0. The third kappa shape index (κ3) is 1.52. The molecule has 0 atom stereocenters. The van der Waals surface area contributed by atoms with Crippen LogP contribution < -0.4 is 0 Å². The maximum absolute atomic E-state index is 12.4. The van der Waals surface area contributed by atoms with Gasteiger partial charge in [-0.25, -0.2) is 4.39 Å². The van der Waals surface area contributed by atoms with Gasteiger partial charge in [-0.3, -0.25) is 0 Å². The smallest absolute Gasteiger partial charge is 0.138 e. The van der Waals surface area contributed by atoms with Gasteiger partial charge in [0.05, 0.1) is 4.47 Å². The van der Waals surface area contributed by atoms with Crippen molar-refractivity contribution < 1.29 is 4.39 Å². The van der Waals surface area contributed by atoms with Crippen LogP contribution in [-0.2, 0) is 0 Å². The first kappa shape index (κ1) is 6.75. The Labute approximate surface area is 61.8 Å². The molecule has 0 saturated carbocycles. The zero-order valence-corrected chi connectivity index (χ0v) is 6.50. The normalized spacial score (nSPS) is 9.67. The van der Waals surface area contributed by atoms with E-state index in [-0.39, 0.29) is 5.82 Å². The fourth-order valence-corrected chi connectivity index (χ4v) is 1.00. The van der Waals surface area contributed by atoms with Gasteiger partial charge in [0.2, 0.25) is 0 Å². The van der Waals surface area contributed by atoms with Crippen LogP contribution in [0.15, 0.2) is 16.6 Å². The Morgan fingerprint density at radius 3 is 2.78 bits per heavy atom. The Hall–Kier alpha value is -0.370. The summed E-state index contributed by atoms with van der Waals surface area (Å²) >= 11 is 3.05. The second kappa shape index (κ2) is 2.48. The van der Waals surface area contributed by atoms with E-state index < -0.39 is 0 Å². The van der Waals surface area contributed by atoms with Crippen molar-refractivity contribution >= 4 is 15.9 Å². The Morgan fingerprint density at radius 1 is 1.67 bits per heavy atom. The predicted octanol–water partition coefficient (Wildman–Crippen LogP) is 2.70. The minimum atomic E-state index is -0.263. The Kier molecular flexibility index (Phi) is 1.86. The average Bonchev–Trinajstić information content (AvgIpc) is 1.80. The molecule has 0 bridgehead atoms. The predicted molar refractivity (Wildman–Crippen MR) is 37.7 cm³/mol. The van der Waals surface area contributed by atoms with Crippen molar-refractivity contribution in [2.24, 2.45) is 0 Å². The number of hydrogen-bond donors (Lipinski definition) is 0. The molecule has 1 radical (unpaired) electrons. The molecule has 47 valence electrons. The van der Waals surface area contributed by atoms with E-state index in [0.717, 1.165) is 5.56 Å². The quantitative estimate of drug-likeness (QED) is 0.587. The lowest BCUT2D eigenvalue weighted by molar-refractivity contribution is 0.620. The van der Waals surface area contributed by atoms with Crippen LogP contribution >= 0.6 is 15.9 Å². The van der Waals surface area contributed by atoms with Crippen LogP contribution in [0, 0.1) is 18.8 Å². The highest BCUT2D eigenvalue weighted by molar-refractivity contribution is 9.10. The van der Waals surface area contributed by atoms with Gasteiger partial charge in [-0.1, -0.05) is 0 Å². The summed E-state index contributed by atoms with van der Waals surface area (Å²) in [5, 5.41) is 0. The molecule has 0 nitrogen and oxygen atoms in total. The number of aryl methyl sites for hydroxylation is 1. The van der Waals surface area contributed by atoms with Crippen LogP contribution in [-0.4, -0.2) is 0 Å². The highest BCUT2D eigenvalue weighted by Gasteiger charge is 1.95. The van der Waals surface area contributed by atoms with Gasteiger partial charge in [0.1, 0.15) is 5.82 Å². The molecule has 0 fully saturated rings. The fraction of sp³-hybridized carbons (Fsp3) is 0.143. The zero-order chi connectivity index (χ0) is 6.85. The molecule has 0 heterocycles. The summed E-state index contributed by atoms with van der Waals surface area (Å²) < 4.78 is 12.9. The maximum atomic E-state index is 12.4. The topological polar surface area (TPSA) is 0 Å². The van der Waals surface area contributed by atoms with Crippen LogP contribution in [0.3, 0.4) is 0 Å². The summed E-state index contributed by atoms with van der Waals surface area (Å²) in [7, 11) is 0. The van der Waals surface area contributed by atoms with E-state index in [2.05, 4.69) is 22.0 Å². The highest BCUT2D eigenvalue weighted by atomic mass is 79.9. The van der Waals surface area contributed by atoms with E-state index in [0.29, 0.717) is 4.47 Å². The Balaban J connectivity index is 3.17. The van der Waals surface area contributed by atoms with E-state index >= 15 is 0 Å². The van der Waals surface area contributed by atoms with Crippen molar-refractivity contribution in [3.05, 3.63) is 34.1 Å². The van der Waals surface area contributed by atoms with Crippen LogP contribution in [0.5, 0.6) is 0 Å². The second-order valence-electron chi connectivity index (χ2n) is 1.81. The van der Waals surface area contributed by atoms with Gasteiger partial charge in [-0.2, -0.15) is 0 Å². The summed E-state index contributed by atoms with van der Waals surface area (Å²) in [6, 6.07) is 5.74. The lowest BCUT2D eigenvalue weighted by atomic mass is 10.2. The first-order chi connectivity index (χ1) is 4.20. The highest BCUT2D eigenvalue weighted by Crippen LogP contribution is 2.15. The SMILES string of the molecule is Cc1[c]cc(F)c(Br)c1. The third-order valence-corrected chi connectivity index (χ3v) is 1.61. The lowest BCUT2D eigenvalue weighted by Gasteiger charge is -1.92. The molecule has 9 heavy (non-hydrogen) atoms. The standard InChI is InChI=1S/C7H5BrF/c1-5-2-3-7(9)6(8)4-5/h3-4H,1H3. The van der Waals surface area contributed by atoms with E-state index in [1.165, 1.54) is 6.07 Å². The van der Waals surface area contributed by atoms with Crippen molar-refractivity contribution in [2.45, 2.75) is 6.92 Å². The summed E-state index contributed by atoms with van der Waals surface area (Å²) in [6.45, 7) is 1.87. The average molecular weight is 188 g/mol. The molecule has 0 aromatic heterocycles. The zero-order valence-electron chi connectivity index (χ0n) is 4.91. The second-order valence-corrected chi connectivity index (χ2v) is 2.67. The molecule has 0 spiro atoms. The molecule has 0 amide bonds. The van der Waals surface area contributed by atoms with Gasteiger partial charge in [-0.05, 0) is 46.6 Å². The Bertz CT molecular complexity index is 220. The van der Waals surface area contributed by atoms with Gasteiger partial charge < -0.3 is 0 Å². The molecule has 0 N–H and O–H groups in total. The van der Waals surface area contributed by atoms with Gasteiger partial charge in [0.15, 0.2) is 0 Å². The monoisotopic (exact) mass is 187 g/mol. The number of rotatable bonds is 0. The molecular weight excluding hydrogens is 183 g/mol. The van der Waals surface area contributed by atoms with Crippen LogP contribution in [0.1, 0.15) is 5.56 Å². The van der Waals surface area contributed by atoms with Gasteiger partial charge in [0.25, 0.3) is 0 Å². The van der Waals surface area contributed by atoms with Crippen molar-refractivity contribution in [3.8, 4) is 0 Å². The first-order valence-electron chi connectivity index (χ1n) is 2.53. The van der Waals surface area contributed by atoms with Crippen molar-refractivity contribution in [1.82, 2.24) is 0 Å². The molecule has 0 aliphatic rings. The number of halogens is 2. The number of benzene rings is 1. The summed E-state index contributed by atoms with van der Waals surface area (Å²) in [5.74, 6) is -0.263. The van der Waals surface area contributed by atoms with Gasteiger partial charge >= 0.3 is 0 Å². The van der Waals surface area contributed by atoms with E-state index in [9.17, 15) is 4.39 Å². The summed E-state index contributed by atoms with van der Waals surface area (Å²) in [5.41, 5.74) is 0.934. The molecule has 1 aromatic carbocycles. The molecule has 2 heteroatoms. The number of hydrogen-bond acceptors (Lipinski definition) is 0. The molecule has 0 unspecified atom stereocenters. The molecule has 1 aromatic rings. The van der Waals surface area contributed by atoms with E-state index in [4.69, 9.17) is 0 Å². The van der Waals surface area contributed by atoms with Crippen molar-refractivity contribution in [1.29, 1.82) is 0 Å². The lowest BCUT2D eigenvalue weighted by Crippen LogP contribution is -1.77. The van der Waals surface area contributed by atoms with Crippen molar-refractivity contribution in [2.75, 3.05) is 0 Å². The van der Waals surface area contributed by atoms with Gasteiger partial charge in [0, 0.05) is 0 Å². The fourth-order valence-electron chi connectivity index (χ4n) is 0.547. The molecule has 0 aliphatic carbocycles. The van der Waals surface area contributed by atoms with Crippen LogP contribution in [0.4, 0.5) is 4.39 Å². The molecule has 0 saturated heterocycles.